The van der Waals surface area contributed by atoms with Crippen molar-refractivity contribution in [1.29, 1.82) is 0 Å². The summed E-state index contributed by atoms with van der Waals surface area (Å²) < 4.78 is 17.0. The highest BCUT2D eigenvalue weighted by Crippen LogP contribution is 2.36. The maximum absolute atomic E-state index is 11.8. The van der Waals surface area contributed by atoms with Crippen molar-refractivity contribution in [1.82, 2.24) is 5.32 Å². The predicted molar refractivity (Wildman–Crippen MR) is 56.1 cm³/mol. The Morgan fingerprint density at radius 3 is 3.00 bits per heavy atom. The molecule has 2 rings (SSSR count). The summed E-state index contributed by atoms with van der Waals surface area (Å²) in [6.07, 6.45) is 0. The summed E-state index contributed by atoms with van der Waals surface area (Å²) in [4.78, 5) is 0.856. The number of ether oxygens (including phenoxy) is 1. The summed E-state index contributed by atoms with van der Waals surface area (Å²) in [5.74, 6) is 1.38. The SMILES string of the molecule is CNC1CS(=O)c2c(OC)cccc21. The lowest BCUT2D eigenvalue weighted by Gasteiger charge is -2.09. The van der Waals surface area contributed by atoms with Crippen LogP contribution in [0, 0.1) is 0 Å². The first-order valence-corrected chi connectivity index (χ1v) is 5.82. The van der Waals surface area contributed by atoms with Crippen LogP contribution in [0.5, 0.6) is 5.75 Å². The van der Waals surface area contributed by atoms with Crippen LogP contribution in [0.3, 0.4) is 0 Å². The number of hydrogen-bond acceptors (Lipinski definition) is 3. The minimum Gasteiger partial charge on any atom is -0.495 e. The summed E-state index contributed by atoms with van der Waals surface area (Å²) in [6.45, 7) is 0. The lowest BCUT2D eigenvalue weighted by atomic mass is 10.1. The third-order valence-electron chi connectivity index (χ3n) is 2.50. The third kappa shape index (κ3) is 1.35. The van der Waals surface area contributed by atoms with Gasteiger partial charge in [-0.05, 0) is 18.7 Å². The van der Waals surface area contributed by atoms with Crippen molar-refractivity contribution in [3.05, 3.63) is 23.8 Å². The van der Waals surface area contributed by atoms with Crippen LogP contribution >= 0.6 is 0 Å². The standard InChI is InChI=1S/C10H13NO2S/c1-11-8-6-14(12)10-7(8)4-3-5-9(10)13-2/h3-5,8,11H,6H2,1-2H3. The second-order valence-electron chi connectivity index (χ2n) is 3.23. The van der Waals surface area contributed by atoms with Gasteiger partial charge in [-0.15, -0.1) is 0 Å². The van der Waals surface area contributed by atoms with E-state index in [9.17, 15) is 4.21 Å². The average Bonchev–Trinajstić information content (AvgIpc) is 2.55. The van der Waals surface area contributed by atoms with E-state index in [0.717, 1.165) is 16.2 Å². The van der Waals surface area contributed by atoms with Crippen LogP contribution in [0.4, 0.5) is 0 Å². The van der Waals surface area contributed by atoms with Gasteiger partial charge < -0.3 is 10.1 Å². The Morgan fingerprint density at radius 2 is 2.36 bits per heavy atom. The minimum atomic E-state index is -0.927. The molecule has 1 heterocycles. The van der Waals surface area contributed by atoms with Gasteiger partial charge in [-0.3, -0.25) is 4.21 Å². The first-order chi connectivity index (χ1) is 6.77. The van der Waals surface area contributed by atoms with E-state index in [4.69, 9.17) is 4.74 Å². The van der Waals surface area contributed by atoms with Crippen LogP contribution < -0.4 is 10.1 Å². The lowest BCUT2D eigenvalue weighted by Crippen LogP contribution is -2.16. The Kier molecular flexibility index (Phi) is 2.56. The maximum Gasteiger partial charge on any atom is 0.135 e. The number of fused-ring (bicyclic) bond motifs is 1. The van der Waals surface area contributed by atoms with E-state index in [2.05, 4.69) is 5.32 Å². The van der Waals surface area contributed by atoms with Crippen LogP contribution in [-0.2, 0) is 10.8 Å². The maximum atomic E-state index is 11.8. The third-order valence-corrected chi connectivity index (χ3v) is 4.03. The first kappa shape index (κ1) is 9.68. The molecule has 0 aromatic heterocycles. The average molecular weight is 211 g/mol. The second kappa shape index (κ2) is 3.71. The smallest absolute Gasteiger partial charge is 0.135 e. The Labute approximate surface area is 85.9 Å². The van der Waals surface area contributed by atoms with E-state index in [1.54, 1.807) is 7.11 Å². The van der Waals surface area contributed by atoms with Crippen molar-refractivity contribution in [3.63, 3.8) is 0 Å². The van der Waals surface area contributed by atoms with Crippen LogP contribution in [0.2, 0.25) is 0 Å². The summed E-state index contributed by atoms with van der Waals surface area (Å²) in [7, 11) is 2.57. The Bertz CT molecular complexity index is 378. The zero-order valence-electron chi connectivity index (χ0n) is 8.24. The number of hydrogen-bond donors (Lipinski definition) is 1. The fraction of sp³-hybridized carbons (Fsp3) is 0.400. The van der Waals surface area contributed by atoms with E-state index >= 15 is 0 Å². The Hall–Kier alpha value is -0.870. The van der Waals surface area contributed by atoms with E-state index in [1.165, 1.54) is 0 Å². The molecule has 0 bridgehead atoms. The van der Waals surface area contributed by atoms with Gasteiger partial charge in [0.2, 0.25) is 0 Å². The molecule has 1 aliphatic heterocycles. The Morgan fingerprint density at radius 1 is 1.57 bits per heavy atom. The normalized spacial score (nSPS) is 24.7. The number of nitrogens with one attached hydrogen (secondary N) is 1. The molecule has 76 valence electrons. The highest BCUT2D eigenvalue weighted by molar-refractivity contribution is 7.85. The van der Waals surface area contributed by atoms with Crippen LogP contribution in [-0.4, -0.2) is 24.1 Å². The molecule has 0 fully saturated rings. The fourth-order valence-electron chi connectivity index (χ4n) is 1.77. The summed E-state index contributed by atoms with van der Waals surface area (Å²) >= 11 is 0. The largest absolute Gasteiger partial charge is 0.495 e. The number of methoxy groups -OCH3 is 1. The minimum absolute atomic E-state index is 0.195. The molecule has 4 heteroatoms. The molecular formula is C10H13NO2S. The zero-order chi connectivity index (χ0) is 10.1. The van der Waals surface area contributed by atoms with Crippen molar-refractivity contribution in [2.45, 2.75) is 10.9 Å². The van der Waals surface area contributed by atoms with Crippen molar-refractivity contribution < 1.29 is 8.95 Å². The van der Waals surface area contributed by atoms with E-state index in [0.29, 0.717) is 5.75 Å². The highest BCUT2D eigenvalue weighted by Gasteiger charge is 2.29. The van der Waals surface area contributed by atoms with Crippen molar-refractivity contribution >= 4 is 10.8 Å². The van der Waals surface area contributed by atoms with Gasteiger partial charge in [-0.25, -0.2) is 0 Å². The molecule has 0 saturated heterocycles. The van der Waals surface area contributed by atoms with Gasteiger partial charge in [0.1, 0.15) is 5.75 Å². The fourth-order valence-corrected chi connectivity index (χ4v) is 3.44. The summed E-state index contributed by atoms with van der Waals surface area (Å²) in [6, 6.07) is 5.99. The van der Waals surface area contributed by atoms with Crippen LogP contribution in [0.25, 0.3) is 0 Å². The van der Waals surface area contributed by atoms with Gasteiger partial charge in [0, 0.05) is 11.8 Å². The molecule has 2 unspecified atom stereocenters. The van der Waals surface area contributed by atoms with Crippen molar-refractivity contribution in [2.75, 3.05) is 19.9 Å². The van der Waals surface area contributed by atoms with E-state index < -0.39 is 10.8 Å². The van der Waals surface area contributed by atoms with Crippen LogP contribution in [0.1, 0.15) is 11.6 Å². The second-order valence-corrected chi connectivity index (χ2v) is 4.66. The monoisotopic (exact) mass is 211 g/mol. The molecule has 1 N–H and O–H groups in total. The van der Waals surface area contributed by atoms with E-state index in [-0.39, 0.29) is 6.04 Å². The van der Waals surface area contributed by atoms with Gasteiger partial charge in [-0.1, -0.05) is 12.1 Å². The molecule has 1 aliphatic rings. The number of rotatable bonds is 2. The molecule has 2 atom stereocenters. The molecule has 3 nitrogen and oxygen atoms in total. The molecule has 1 aromatic carbocycles. The van der Waals surface area contributed by atoms with Gasteiger partial charge >= 0.3 is 0 Å². The number of benzene rings is 1. The van der Waals surface area contributed by atoms with Crippen LogP contribution in [0.15, 0.2) is 23.1 Å². The quantitative estimate of drug-likeness (QED) is 0.795. The molecule has 0 amide bonds. The molecule has 0 aliphatic carbocycles. The molecule has 1 aromatic rings. The summed E-state index contributed by atoms with van der Waals surface area (Å²) in [5.41, 5.74) is 1.10. The molecule has 14 heavy (non-hydrogen) atoms. The van der Waals surface area contributed by atoms with Gasteiger partial charge in [0.05, 0.1) is 22.8 Å². The van der Waals surface area contributed by atoms with Gasteiger partial charge in [0.25, 0.3) is 0 Å². The lowest BCUT2D eigenvalue weighted by molar-refractivity contribution is 0.403. The highest BCUT2D eigenvalue weighted by atomic mass is 32.2. The van der Waals surface area contributed by atoms with Gasteiger partial charge in [-0.2, -0.15) is 0 Å². The molecular weight excluding hydrogens is 198 g/mol. The predicted octanol–water partition coefficient (Wildman–Crippen LogP) is 1.08. The summed E-state index contributed by atoms with van der Waals surface area (Å²) in [5, 5.41) is 3.15. The zero-order valence-corrected chi connectivity index (χ0v) is 9.06. The van der Waals surface area contributed by atoms with E-state index in [1.807, 2.05) is 25.2 Å². The van der Waals surface area contributed by atoms with Gasteiger partial charge in [0.15, 0.2) is 0 Å². The Balaban J connectivity index is 2.55. The molecule has 0 spiro atoms. The first-order valence-electron chi connectivity index (χ1n) is 4.50. The molecule has 0 saturated carbocycles. The topological polar surface area (TPSA) is 38.3 Å². The van der Waals surface area contributed by atoms with Crippen molar-refractivity contribution in [3.8, 4) is 5.75 Å². The molecule has 0 radical (unpaired) electrons. The van der Waals surface area contributed by atoms with Crippen molar-refractivity contribution in [2.24, 2.45) is 0 Å².